The van der Waals surface area contributed by atoms with Gasteiger partial charge in [0.1, 0.15) is 5.82 Å². The van der Waals surface area contributed by atoms with Gasteiger partial charge in [0.05, 0.1) is 16.8 Å². The summed E-state index contributed by atoms with van der Waals surface area (Å²) in [7, 11) is 0. The fraction of sp³-hybridized carbons (Fsp3) is 0.0667. The van der Waals surface area contributed by atoms with Crippen molar-refractivity contribution in [2.24, 2.45) is 0 Å². The van der Waals surface area contributed by atoms with Gasteiger partial charge in [0.2, 0.25) is 0 Å². The van der Waals surface area contributed by atoms with E-state index in [9.17, 15) is 14.0 Å². The number of aryl methyl sites for hydroxylation is 1. The SMILES string of the molecule is Cc1ccc(C(=O)Nc2ccc(Br)cc2C(=O)O)c(F)c1. The van der Waals surface area contributed by atoms with E-state index in [1.807, 2.05) is 0 Å². The lowest BCUT2D eigenvalue weighted by atomic mass is 10.1. The van der Waals surface area contributed by atoms with Gasteiger partial charge in [0.15, 0.2) is 0 Å². The van der Waals surface area contributed by atoms with E-state index >= 15 is 0 Å². The molecule has 0 unspecified atom stereocenters. The summed E-state index contributed by atoms with van der Waals surface area (Å²) in [5.41, 5.74) is 0.583. The molecule has 0 radical (unpaired) electrons. The van der Waals surface area contributed by atoms with Crippen LogP contribution in [0, 0.1) is 12.7 Å². The molecule has 0 bridgehead atoms. The molecule has 0 aromatic heterocycles. The van der Waals surface area contributed by atoms with E-state index in [1.54, 1.807) is 19.1 Å². The van der Waals surface area contributed by atoms with Crippen LogP contribution in [0.1, 0.15) is 26.3 Å². The molecule has 0 aliphatic carbocycles. The number of nitrogens with one attached hydrogen (secondary N) is 1. The van der Waals surface area contributed by atoms with Crippen molar-refractivity contribution < 1.29 is 19.1 Å². The quantitative estimate of drug-likeness (QED) is 0.882. The predicted octanol–water partition coefficient (Wildman–Crippen LogP) is 3.85. The van der Waals surface area contributed by atoms with Crippen LogP contribution in [0.2, 0.25) is 0 Å². The number of aromatic carboxylic acids is 1. The highest BCUT2D eigenvalue weighted by Crippen LogP contribution is 2.22. The Hall–Kier alpha value is -2.21. The van der Waals surface area contributed by atoms with Crippen LogP contribution in [0.3, 0.4) is 0 Å². The number of carboxylic acid groups (broad SMARTS) is 1. The number of amides is 1. The summed E-state index contributed by atoms with van der Waals surface area (Å²) >= 11 is 3.16. The van der Waals surface area contributed by atoms with Crippen LogP contribution in [0.15, 0.2) is 40.9 Å². The zero-order valence-corrected chi connectivity index (χ0v) is 12.6. The summed E-state index contributed by atoms with van der Waals surface area (Å²) in [5, 5.41) is 11.5. The van der Waals surface area contributed by atoms with Crippen LogP contribution in [0.25, 0.3) is 0 Å². The molecule has 21 heavy (non-hydrogen) atoms. The number of carbonyl (C=O) groups excluding carboxylic acids is 1. The second kappa shape index (κ2) is 6.05. The maximum atomic E-state index is 13.7. The van der Waals surface area contributed by atoms with Gasteiger partial charge >= 0.3 is 5.97 Å². The van der Waals surface area contributed by atoms with E-state index in [4.69, 9.17) is 5.11 Å². The third kappa shape index (κ3) is 3.46. The van der Waals surface area contributed by atoms with Crippen LogP contribution in [0.5, 0.6) is 0 Å². The Kier molecular flexibility index (Phi) is 4.37. The first-order chi connectivity index (χ1) is 9.88. The van der Waals surface area contributed by atoms with Crippen molar-refractivity contribution in [3.63, 3.8) is 0 Å². The van der Waals surface area contributed by atoms with Crippen molar-refractivity contribution in [2.75, 3.05) is 5.32 Å². The number of benzene rings is 2. The fourth-order valence-corrected chi connectivity index (χ4v) is 2.16. The van der Waals surface area contributed by atoms with Crippen LogP contribution in [0.4, 0.5) is 10.1 Å². The molecule has 0 saturated carbocycles. The van der Waals surface area contributed by atoms with Crippen molar-refractivity contribution >= 4 is 33.5 Å². The summed E-state index contributed by atoms with van der Waals surface area (Å²) in [5.74, 6) is -2.53. The Morgan fingerprint density at radius 2 is 1.86 bits per heavy atom. The monoisotopic (exact) mass is 351 g/mol. The molecule has 0 fully saturated rings. The zero-order valence-electron chi connectivity index (χ0n) is 11.0. The minimum Gasteiger partial charge on any atom is -0.478 e. The summed E-state index contributed by atoms with van der Waals surface area (Å²) in [6.07, 6.45) is 0. The van der Waals surface area contributed by atoms with E-state index in [0.29, 0.717) is 10.0 Å². The molecule has 0 spiro atoms. The maximum Gasteiger partial charge on any atom is 0.337 e. The molecule has 108 valence electrons. The lowest BCUT2D eigenvalue weighted by molar-refractivity contribution is 0.0698. The van der Waals surface area contributed by atoms with Gasteiger partial charge in [-0.3, -0.25) is 4.79 Å². The number of halogens is 2. The summed E-state index contributed by atoms with van der Waals surface area (Å²) in [4.78, 5) is 23.2. The van der Waals surface area contributed by atoms with Gasteiger partial charge in [-0.05, 0) is 42.8 Å². The number of rotatable bonds is 3. The fourth-order valence-electron chi connectivity index (χ4n) is 1.80. The molecule has 4 nitrogen and oxygen atoms in total. The average molecular weight is 352 g/mol. The Morgan fingerprint density at radius 1 is 1.14 bits per heavy atom. The normalized spacial score (nSPS) is 10.2. The average Bonchev–Trinajstić information content (AvgIpc) is 2.40. The van der Waals surface area contributed by atoms with Crippen molar-refractivity contribution in [3.05, 3.63) is 63.4 Å². The molecule has 0 aliphatic rings. The molecule has 1 amide bonds. The Bertz CT molecular complexity index is 731. The predicted molar refractivity (Wildman–Crippen MR) is 80.2 cm³/mol. The highest BCUT2D eigenvalue weighted by atomic mass is 79.9. The summed E-state index contributed by atoms with van der Waals surface area (Å²) in [6.45, 7) is 1.71. The van der Waals surface area contributed by atoms with Crippen LogP contribution in [-0.2, 0) is 0 Å². The topological polar surface area (TPSA) is 66.4 Å². The molecule has 0 aliphatic heterocycles. The van der Waals surface area contributed by atoms with Crippen LogP contribution < -0.4 is 5.32 Å². The molecule has 2 rings (SSSR count). The van der Waals surface area contributed by atoms with Gasteiger partial charge in [0, 0.05) is 4.47 Å². The largest absolute Gasteiger partial charge is 0.478 e. The molecule has 0 atom stereocenters. The first-order valence-electron chi connectivity index (χ1n) is 5.99. The second-order valence-corrected chi connectivity index (χ2v) is 5.35. The summed E-state index contributed by atoms with van der Waals surface area (Å²) < 4.78 is 14.3. The third-order valence-corrected chi connectivity index (χ3v) is 3.32. The van der Waals surface area contributed by atoms with Crippen molar-refractivity contribution in [1.82, 2.24) is 0 Å². The van der Waals surface area contributed by atoms with E-state index in [-0.39, 0.29) is 16.8 Å². The van der Waals surface area contributed by atoms with Crippen molar-refractivity contribution in [2.45, 2.75) is 6.92 Å². The Labute approximate surface area is 128 Å². The number of carbonyl (C=O) groups is 2. The lowest BCUT2D eigenvalue weighted by Crippen LogP contribution is -2.16. The number of carboxylic acids is 1. The molecule has 0 saturated heterocycles. The molecule has 0 heterocycles. The van der Waals surface area contributed by atoms with Gasteiger partial charge in [-0.1, -0.05) is 22.0 Å². The smallest absolute Gasteiger partial charge is 0.337 e. The van der Waals surface area contributed by atoms with Crippen molar-refractivity contribution in [3.8, 4) is 0 Å². The Balaban J connectivity index is 2.34. The van der Waals surface area contributed by atoms with E-state index in [0.717, 1.165) is 0 Å². The highest BCUT2D eigenvalue weighted by molar-refractivity contribution is 9.10. The molecule has 2 aromatic carbocycles. The van der Waals surface area contributed by atoms with Crippen LogP contribution >= 0.6 is 15.9 Å². The van der Waals surface area contributed by atoms with Crippen molar-refractivity contribution in [1.29, 1.82) is 0 Å². The molecule has 6 heteroatoms. The van der Waals surface area contributed by atoms with Gasteiger partial charge < -0.3 is 10.4 Å². The molecular weight excluding hydrogens is 341 g/mol. The first-order valence-corrected chi connectivity index (χ1v) is 6.78. The third-order valence-electron chi connectivity index (χ3n) is 2.83. The minimum atomic E-state index is -1.18. The van der Waals surface area contributed by atoms with Crippen LogP contribution in [-0.4, -0.2) is 17.0 Å². The zero-order chi connectivity index (χ0) is 15.6. The highest BCUT2D eigenvalue weighted by Gasteiger charge is 2.16. The molecular formula is C15H11BrFNO3. The molecule has 2 aromatic rings. The number of hydrogen-bond acceptors (Lipinski definition) is 2. The molecule has 2 N–H and O–H groups in total. The van der Waals surface area contributed by atoms with Gasteiger partial charge in [-0.15, -0.1) is 0 Å². The second-order valence-electron chi connectivity index (χ2n) is 4.43. The Morgan fingerprint density at radius 3 is 2.48 bits per heavy atom. The van der Waals surface area contributed by atoms with Gasteiger partial charge in [-0.25, -0.2) is 9.18 Å². The van der Waals surface area contributed by atoms with Gasteiger partial charge in [-0.2, -0.15) is 0 Å². The number of hydrogen-bond donors (Lipinski definition) is 2. The van der Waals surface area contributed by atoms with E-state index < -0.39 is 17.7 Å². The van der Waals surface area contributed by atoms with Gasteiger partial charge in [0.25, 0.3) is 5.91 Å². The maximum absolute atomic E-state index is 13.7. The van der Waals surface area contributed by atoms with E-state index in [1.165, 1.54) is 24.3 Å². The first kappa shape index (κ1) is 15.2. The number of anilines is 1. The minimum absolute atomic E-state index is 0.0785. The van der Waals surface area contributed by atoms with E-state index in [2.05, 4.69) is 21.2 Å². The lowest BCUT2D eigenvalue weighted by Gasteiger charge is -2.10. The standard InChI is InChI=1S/C15H11BrFNO3/c1-8-2-4-10(12(17)6-8)14(19)18-13-5-3-9(16)7-11(13)15(20)21/h2-7H,1H3,(H,18,19)(H,20,21). The summed E-state index contributed by atoms with van der Waals surface area (Å²) in [6, 6.07) is 8.61.